The smallest absolute Gasteiger partial charge is 0.412 e. The largest absolute Gasteiger partial charge is 0.444 e. The van der Waals surface area contributed by atoms with E-state index >= 15 is 0 Å². The van der Waals surface area contributed by atoms with Crippen molar-refractivity contribution in [1.82, 2.24) is 4.90 Å². The Bertz CT molecular complexity index is 211. The van der Waals surface area contributed by atoms with E-state index < -0.39 is 5.60 Å². The van der Waals surface area contributed by atoms with Gasteiger partial charge in [-0.3, -0.25) is 4.90 Å². The first kappa shape index (κ1) is 15.2. The van der Waals surface area contributed by atoms with Gasteiger partial charge in [0, 0.05) is 13.7 Å². The molecule has 0 saturated carbocycles. The Morgan fingerprint density at radius 1 is 1.31 bits per heavy atom. The molecule has 0 spiro atoms. The van der Waals surface area contributed by atoms with Crippen molar-refractivity contribution in [3.63, 3.8) is 0 Å². The highest BCUT2D eigenvalue weighted by Gasteiger charge is 2.31. The Hall–Kier alpha value is -0.770. The molecule has 1 saturated heterocycles. The van der Waals surface area contributed by atoms with Gasteiger partial charge in [0.2, 0.25) is 0 Å². The summed E-state index contributed by atoms with van der Waals surface area (Å²) in [7, 11) is 1.62. The van der Waals surface area contributed by atoms with E-state index in [1.165, 1.54) is 0 Å². The first-order valence-corrected chi connectivity index (χ1v) is 5.96. The summed E-state index contributed by atoms with van der Waals surface area (Å²) < 4.78 is 10.4. The molecule has 0 aliphatic carbocycles. The van der Waals surface area contributed by atoms with Gasteiger partial charge < -0.3 is 9.47 Å². The molecule has 4 heteroatoms. The Morgan fingerprint density at radius 3 is 2.31 bits per heavy atom. The molecule has 1 rings (SSSR count). The maximum absolute atomic E-state index is 11.7. The maximum atomic E-state index is 11.7. The number of carbonyl (C=O) groups is 1. The second kappa shape index (κ2) is 6.74. The highest BCUT2D eigenvalue weighted by molar-refractivity contribution is 5.68. The van der Waals surface area contributed by atoms with E-state index in [0.717, 1.165) is 19.4 Å². The van der Waals surface area contributed by atoms with Crippen molar-refractivity contribution in [1.29, 1.82) is 0 Å². The first-order chi connectivity index (χ1) is 7.44. The molecule has 0 aromatic carbocycles. The molecule has 1 unspecified atom stereocenters. The first-order valence-electron chi connectivity index (χ1n) is 5.96. The quantitative estimate of drug-likeness (QED) is 0.696. The molecular weight excluding hydrogens is 206 g/mol. The molecule has 0 aromatic rings. The molecule has 0 bridgehead atoms. The highest BCUT2D eigenvalue weighted by atomic mass is 16.6. The standard InChI is InChI=1S/C10H19NO3.C2H6/c1-10(2,3)14-9(12)11-7-5-6-8(11)13-4;1-2/h8H,5-7H2,1-4H3;1-2H3. The highest BCUT2D eigenvalue weighted by Crippen LogP contribution is 2.20. The van der Waals surface area contributed by atoms with Gasteiger partial charge in [-0.2, -0.15) is 0 Å². The summed E-state index contributed by atoms with van der Waals surface area (Å²) in [5, 5.41) is 0. The minimum absolute atomic E-state index is 0.107. The van der Waals surface area contributed by atoms with Gasteiger partial charge in [-0.25, -0.2) is 4.79 Å². The maximum Gasteiger partial charge on any atom is 0.412 e. The zero-order valence-corrected chi connectivity index (χ0v) is 11.4. The zero-order chi connectivity index (χ0) is 12.8. The molecular formula is C12H25NO3. The number of rotatable bonds is 1. The van der Waals surface area contributed by atoms with E-state index in [2.05, 4.69) is 0 Å². The van der Waals surface area contributed by atoms with Crippen LogP contribution < -0.4 is 0 Å². The van der Waals surface area contributed by atoms with Crippen molar-refractivity contribution >= 4 is 6.09 Å². The third kappa shape index (κ3) is 4.84. The van der Waals surface area contributed by atoms with Gasteiger partial charge in [0.05, 0.1) is 0 Å². The lowest BCUT2D eigenvalue weighted by Crippen LogP contribution is -2.40. The van der Waals surface area contributed by atoms with E-state index in [-0.39, 0.29) is 12.3 Å². The molecule has 0 radical (unpaired) electrons. The summed E-state index contributed by atoms with van der Waals surface area (Å²) in [5.41, 5.74) is -0.433. The normalized spacial score (nSPS) is 20.1. The predicted molar refractivity (Wildman–Crippen MR) is 64.3 cm³/mol. The van der Waals surface area contributed by atoms with E-state index in [0.29, 0.717) is 0 Å². The lowest BCUT2D eigenvalue weighted by atomic mass is 10.2. The molecule has 1 aliphatic heterocycles. The van der Waals surface area contributed by atoms with Gasteiger partial charge in [-0.1, -0.05) is 13.8 Å². The van der Waals surface area contributed by atoms with Gasteiger partial charge in [-0.05, 0) is 33.6 Å². The summed E-state index contributed by atoms with van der Waals surface area (Å²) >= 11 is 0. The lowest BCUT2D eigenvalue weighted by Gasteiger charge is -2.27. The van der Waals surface area contributed by atoms with Crippen molar-refractivity contribution in [2.24, 2.45) is 0 Å². The van der Waals surface area contributed by atoms with Crippen molar-refractivity contribution in [2.45, 2.75) is 59.3 Å². The Morgan fingerprint density at radius 2 is 1.88 bits per heavy atom. The number of amides is 1. The molecule has 1 fully saturated rings. The molecule has 0 N–H and O–H groups in total. The van der Waals surface area contributed by atoms with Gasteiger partial charge in [-0.15, -0.1) is 0 Å². The van der Waals surface area contributed by atoms with Crippen LogP contribution in [-0.2, 0) is 9.47 Å². The molecule has 1 heterocycles. The number of hydrogen-bond donors (Lipinski definition) is 0. The Balaban J connectivity index is 0.00000106. The number of methoxy groups -OCH3 is 1. The van der Waals surface area contributed by atoms with Crippen LogP contribution in [0, 0.1) is 0 Å². The van der Waals surface area contributed by atoms with Crippen LogP contribution in [0.1, 0.15) is 47.5 Å². The second-order valence-electron chi connectivity index (χ2n) is 4.51. The van der Waals surface area contributed by atoms with Crippen LogP contribution in [0.25, 0.3) is 0 Å². The molecule has 0 aromatic heterocycles. The molecule has 4 nitrogen and oxygen atoms in total. The van der Waals surface area contributed by atoms with Gasteiger partial charge >= 0.3 is 6.09 Å². The minimum Gasteiger partial charge on any atom is -0.444 e. The topological polar surface area (TPSA) is 38.8 Å². The lowest BCUT2D eigenvalue weighted by molar-refractivity contribution is -0.0305. The number of likely N-dealkylation sites (tertiary alicyclic amines) is 1. The fourth-order valence-electron chi connectivity index (χ4n) is 1.51. The molecule has 96 valence electrons. The van der Waals surface area contributed by atoms with Crippen molar-refractivity contribution in [2.75, 3.05) is 13.7 Å². The van der Waals surface area contributed by atoms with Crippen molar-refractivity contribution in [3.05, 3.63) is 0 Å². The van der Waals surface area contributed by atoms with Crippen molar-refractivity contribution in [3.8, 4) is 0 Å². The van der Waals surface area contributed by atoms with Crippen LogP contribution in [0.5, 0.6) is 0 Å². The van der Waals surface area contributed by atoms with Crippen LogP contribution in [-0.4, -0.2) is 36.5 Å². The average molecular weight is 231 g/mol. The van der Waals surface area contributed by atoms with Gasteiger partial charge in [0.15, 0.2) is 0 Å². The minimum atomic E-state index is -0.433. The van der Waals surface area contributed by atoms with Crippen LogP contribution in [0.4, 0.5) is 4.79 Å². The monoisotopic (exact) mass is 231 g/mol. The van der Waals surface area contributed by atoms with E-state index in [1.807, 2.05) is 34.6 Å². The third-order valence-corrected chi connectivity index (χ3v) is 2.10. The molecule has 16 heavy (non-hydrogen) atoms. The van der Waals surface area contributed by atoms with Crippen molar-refractivity contribution < 1.29 is 14.3 Å². The summed E-state index contributed by atoms with van der Waals surface area (Å²) in [6, 6.07) is 0. The Kier molecular flexibility index (Phi) is 6.41. The molecule has 1 atom stereocenters. The molecule has 1 amide bonds. The van der Waals surface area contributed by atoms with Crippen LogP contribution in [0.15, 0.2) is 0 Å². The molecule has 1 aliphatic rings. The summed E-state index contributed by atoms with van der Waals surface area (Å²) in [5.74, 6) is 0. The fraction of sp³-hybridized carbons (Fsp3) is 0.917. The summed E-state index contributed by atoms with van der Waals surface area (Å²) in [4.78, 5) is 13.3. The number of hydrogen-bond acceptors (Lipinski definition) is 3. The van der Waals surface area contributed by atoms with E-state index in [9.17, 15) is 4.79 Å². The predicted octanol–water partition coefficient (Wildman–Crippen LogP) is 3.02. The SMILES string of the molecule is CC.COC1CCCN1C(=O)OC(C)(C)C. The van der Waals surface area contributed by atoms with Gasteiger partial charge in [0.1, 0.15) is 11.8 Å². The number of nitrogens with zero attached hydrogens (tertiary/aromatic N) is 1. The fourth-order valence-corrected chi connectivity index (χ4v) is 1.51. The Labute approximate surface area is 98.9 Å². The van der Waals surface area contributed by atoms with Gasteiger partial charge in [0.25, 0.3) is 0 Å². The van der Waals surface area contributed by atoms with Crippen LogP contribution >= 0.6 is 0 Å². The number of ether oxygens (including phenoxy) is 2. The van der Waals surface area contributed by atoms with Crippen LogP contribution in [0.3, 0.4) is 0 Å². The summed E-state index contributed by atoms with van der Waals surface area (Å²) in [6.07, 6.45) is 1.50. The third-order valence-electron chi connectivity index (χ3n) is 2.10. The zero-order valence-electron chi connectivity index (χ0n) is 11.4. The van der Waals surface area contributed by atoms with Crippen LogP contribution in [0.2, 0.25) is 0 Å². The van der Waals surface area contributed by atoms with E-state index in [1.54, 1.807) is 12.0 Å². The van der Waals surface area contributed by atoms with E-state index in [4.69, 9.17) is 9.47 Å². The average Bonchev–Trinajstić information content (AvgIpc) is 2.66. The summed E-state index contributed by atoms with van der Waals surface area (Å²) in [6.45, 7) is 10.3. The number of carbonyl (C=O) groups excluding carboxylic acids is 1. The second-order valence-corrected chi connectivity index (χ2v) is 4.51.